The number of rotatable bonds is 6. The van der Waals surface area contributed by atoms with E-state index in [1.54, 1.807) is 31.3 Å². The number of anilines is 2. The second-order valence-electron chi connectivity index (χ2n) is 8.53. The Morgan fingerprint density at radius 2 is 1.67 bits per heavy atom. The SMILES string of the molecule is COc1cc2c(cc1OC)CN(c1ncnc(N3CCN(C(=O)c4ccco4)CC3)c1[N+](=O)[O-])CC2. The standard InChI is InChI=1S/C24H26N6O6/c1-34-19-12-16-5-6-29(14-17(16)13-20(19)35-2)23-21(30(32)33)22(25-15-26-23)27-7-9-28(10-8-27)24(31)18-4-3-11-36-18/h3-4,11-13,15H,5-10,14H2,1-2H3. The summed E-state index contributed by atoms with van der Waals surface area (Å²) in [4.78, 5) is 38.4. The summed E-state index contributed by atoms with van der Waals surface area (Å²) in [5.74, 6) is 1.88. The Balaban J connectivity index is 1.38. The number of aromatic nitrogens is 2. The summed E-state index contributed by atoms with van der Waals surface area (Å²) in [6.07, 6.45) is 3.50. The molecule has 1 amide bonds. The van der Waals surface area contributed by atoms with Gasteiger partial charge in [-0.2, -0.15) is 0 Å². The smallest absolute Gasteiger partial charge is 0.353 e. The highest BCUT2D eigenvalue weighted by atomic mass is 16.6. The van der Waals surface area contributed by atoms with Gasteiger partial charge >= 0.3 is 5.69 Å². The van der Waals surface area contributed by atoms with Crippen LogP contribution in [0.15, 0.2) is 41.3 Å². The van der Waals surface area contributed by atoms with Gasteiger partial charge < -0.3 is 28.6 Å². The Labute approximate surface area is 207 Å². The van der Waals surface area contributed by atoms with Crippen molar-refractivity contribution >= 4 is 23.2 Å². The van der Waals surface area contributed by atoms with Crippen LogP contribution in [0.25, 0.3) is 0 Å². The highest BCUT2D eigenvalue weighted by Crippen LogP contribution is 2.39. The third kappa shape index (κ3) is 4.25. The second-order valence-corrected chi connectivity index (χ2v) is 8.53. The quantitative estimate of drug-likeness (QED) is 0.372. The number of hydrogen-bond donors (Lipinski definition) is 0. The van der Waals surface area contributed by atoms with Crippen molar-refractivity contribution in [1.82, 2.24) is 14.9 Å². The molecule has 0 aliphatic carbocycles. The minimum atomic E-state index is -0.421. The average molecular weight is 495 g/mol. The summed E-state index contributed by atoms with van der Waals surface area (Å²) in [5.41, 5.74) is 1.98. The molecule has 0 unspecified atom stereocenters. The van der Waals surface area contributed by atoms with Crippen LogP contribution in [-0.4, -0.2) is 72.6 Å². The number of furan rings is 1. The lowest BCUT2D eigenvalue weighted by Gasteiger charge is -2.35. The molecule has 1 fully saturated rings. The van der Waals surface area contributed by atoms with Gasteiger partial charge in [-0.25, -0.2) is 9.97 Å². The number of nitro groups is 1. The minimum Gasteiger partial charge on any atom is -0.493 e. The number of nitrogens with zero attached hydrogens (tertiary/aromatic N) is 6. The highest BCUT2D eigenvalue weighted by Gasteiger charge is 2.34. The number of carbonyl (C=O) groups excluding carboxylic acids is 1. The number of fused-ring (bicyclic) bond motifs is 1. The van der Waals surface area contributed by atoms with E-state index in [4.69, 9.17) is 13.9 Å². The number of methoxy groups -OCH3 is 2. The van der Waals surface area contributed by atoms with Gasteiger partial charge in [0, 0.05) is 39.3 Å². The summed E-state index contributed by atoms with van der Waals surface area (Å²) < 4.78 is 16.1. The fraction of sp³-hybridized carbons (Fsp3) is 0.375. The van der Waals surface area contributed by atoms with Gasteiger partial charge in [-0.15, -0.1) is 0 Å². The first-order chi connectivity index (χ1) is 17.5. The van der Waals surface area contributed by atoms with Gasteiger partial charge in [-0.05, 0) is 41.8 Å². The first kappa shape index (κ1) is 23.4. The fourth-order valence-electron chi connectivity index (χ4n) is 4.73. The van der Waals surface area contributed by atoms with Gasteiger partial charge in [0.25, 0.3) is 5.91 Å². The topological polar surface area (TPSA) is 127 Å². The van der Waals surface area contributed by atoms with Gasteiger partial charge in [-0.3, -0.25) is 14.9 Å². The zero-order valence-electron chi connectivity index (χ0n) is 20.0. The minimum absolute atomic E-state index is 0.132. The van der Waals surface area contributed by atoms with E-state index in [-0.39, 0.29) is 29.0 Å². The Morgan fingerprint density at radius 3 is 2.28 bits per heavy atom. The number of hydrogen-bond acceptors (Lipinski definition) is 10. The third-order valence-corrected chi connectivity index (χ3v) is 6.58. The largest absolute Gasteiger partial charge is 0.493 e. The van der Waals surface area contributed by atoms with Gasteiger partial charge in [0.15, 0.2) is 17.3 Å². The summed E-state index contributed by atoms with van der Waals surface area (Å²) in [7, 11) is 3.17. The van der Waals surface area contributed by atoms with Crippen molar-refractivity contribution in [2.75, 3.05) is 56.7 Å². The molecule has 1 saturated heterocycles. The molecule has 1 aromatic carbocycles. The molecule has 5 rings (SSSR count). The van der Waals surface area contributed by atoms with E-state index >= 15 is 0 Å². The lowest BCUT2D eigenvalue weighted by Crippen LogP contribution is -2.49. The van der Waals surface area contributed by atoms with Gasteiger partial charge in [-0.1, -0.05) is 0 Å². The zero-order chi connectivity index (χ0) is 25.2. The molecule has 12 nitrogen and oxygen atoms in total. The molecule has 2 aromatic heterocycles. The maximum Gasteiger partial charge on any atom is 0.353 e. The van der Waals surface area contributed by atoms with Gasteiger partial charge in [0.2, 0.25) is 11.6 Å². The van der Waals surface area contributed by atoms with Crippen LogP contribution in [-0.2, 0) is 13.0 Å². The summed E-state index contributed by atoms with van der Waals surface area (Å²) >= 11 is 0. The summed E-state index contributed by atoms with van der Waals surface area (Å²) in [6.45, 7) is 2.61. The number of ether oxygens (including phenoxy) is 2. The first-order valence-electron chi connectivity index (χ1n) is 11.6. The van der Waals surface area contributed by atoms with E-state index in [1.165, 1.54) is 12.6 Å². The van der Waals surface area contributed by atoms with E-state index in [2.05, 4.69) is 9.97 Å². The van der Waals surface area contributed by atoms with Crippen molar-refractivity contribution in [2.45, 2.75) is 13.0 Å². The first-order valence-corrected chi connectivity index (χ1v) is 11.6. The lowest BCUT2D eigenvalue weighted by atomic mass is 9.98. The molecule has 0 bridgehead atoms. The number of piperazine rings is 1. The third-order valence-electron chi connectivity index (χ3n) is 6.58. The Kier molecular flexibility index (Phi) is 6.32. The van der Waals surface area contributed by atoms with Crippen molar-refractivity contribution < 1.29 is 23.6 Å². The molecule has 0 spiro atoms. The fourth-order valence-corrected chi connectivity index (χ4v) is 4.73. The van der Waals surface area contributed by atoms with Crippen LogP contribution in [0.1, 0.15) is 21.7 Å². The number of carbonyl (C=O) groups is 1. The Hall–Kier alpha value is -4.35. The molecule has 0 radical (unpaired) electrons. The molecule has 0 atom stereocenters. The van der Waals surface area contributed by atoms with Gasteiger partial charge in [0.1, 0.15) is 6.33 Å². The molecule has 2 aliphatic rings. The Bertz CT molecular complexity index is 1270. The van der Waals surface area contributed by atoms with E-state index in [9.17, 15) is 14.9 Å². The molecule has 2 aliphatic heterocycles. The van der Waals surface area contributed by atoms with Gasteiger partial charge in [0.05, 0.1) is 25.4 Å². The molecule has 36 heavy (non-hydrogen) atoms. The molecule has 12 heteroatoms. The van der Waals surface area contributed by atoms with E-state index in [0.29, 0.717) is 57.2 Å². The lowest BCUT2D eigenvalue weighted by molar-refractivity contribution is -0.383. The van der Waals surface area contributed by atoms with Crippen LogP contribution in [0.5, 0.6) is 11.5 Å². The van der Waals surface area contributed by atoms with Crippen LogP contribution < -0.4 is 19.3 Å². The van der Waals surface area contributed by atoms with Crippen LogP contribution in [0.3, 0.4) is 0 Å². The molecule has 0 N–H and O–H groups in total. The van der Waals surface area contributed by atoms with Crippen LogP contribution in [0.2, 0.25) is 0 Å². The molecular weight excluding hydrogens is 468 g/mol. The maximum absolute atomic E-state index is 12.6. The predicted molar refractivity (Wildman–Crippen MR) is 130 cm³/mol. The number of benzene rings is 1. The molecule has 4 heterocycles. The van der Waals surface area contributed by atoms with Crippen molar-refractivity contribution in [1.29, 1.82) is 0 Å². The normalized spacial score (nSPS) is 15.4. The van der Waals surface area contributed by atoms with Crippen LogP contribution in [0.4, 0.5) is 17.3 Å². The average Bonchev–Trinajstić information content (AvgIpc) is 3.46. The molecular formula is C24H26N6O6. The predicted octanol–water partition coefficient (Wildman–Crippen LogP) is 2.52. The molecule has 0 saturated carbocycles. The zero-order valence-corrected chi connectivity index (χ0v) is 20.0. The molecule has 188 valence electrons. The van der Waals surface area contributed by atoms with Crippen LogP contribution >= 0.6 is 0 Å². The second kappa shape index (κ2) is 9.72. The Morgan fingerprint density at radius 1 is 1.00 bits per heavy atom. The van der Waals surface area contributed by atoms with E-state index in [0.717, 1.165) is 11.1 Å². The van der Waals surface area contributed by atoms with E-state index < -0.39 is 4.92 Å². The van der Waals surface area contributed by atoms with E-state index in [1.807, 2.05) is 21.9 Å². The van der Waals surface area contributed by atoms with Crippen molar-refractivity contribution in [3.8, 4) is 11.5 Å². The van der Waals surface area contributed by atoms with Crippen molar-refractivity contribution in [3.05, 3.63) is 63.9 Å². The highest BCUT2D eigenvalue weighted by molar-refractivity contribution is 5.91. The maximum atomic E-state index is 12.6. The number of amides is 1. The van der Waals surface area contributed by atoms with Crippen molar-refractivity contribution in [3.63, 3.8) is 0 Å². The van der Waals surface area contributed by atoms with Crippen molar-refractivity contribution in [2.24, 2.45) is 0 Å². The monoisotopic (exact) mass is 494 g/mol. The molecule has 3 aromatic rings. The summed E-state index contributed by atoms with van der Waals surface area (Å²) in [6, 6.07) is 7.15. The summed E-state index contributed by atoms with van der Waals surface area (Å²) in [5, 5.41) is 12.2. The van der Waals surface area contributed by atoms with Crippen LogP contribution in [0, 0.1) is 10.1 Å².